The van der Waals surface area contributed by atoms with Gasteiger partial charge in [0.05, 0.1) is 13.1 Å². The van der Waals surface area contributed by atoms with Crippen LogP contribution in [0.5, 0.6) is 0 Å². The first kappa shape index (κ1) is 20.6. The maximum absolute atomic E-state index is 12.4. The summed E-state index contributed by atoms with van der Waals surface area (Å²) in [5, 5.41) is 5.84. The molecule has 2 amide bonds. The van der Waals surface area contributed by atoms with E-state index in [0.717, 1.165) is 28.9 Å². The van der Waals surface area contributed by atoms with Gasteiger partial charge in [0.15, 0.2) is 0 Å². The van der Waals surface area contributed by atoms with Crippen LogP contribution in [0.2, 0.25) is 0 Å². The summed E-state index contributed by atoms with van der Waals surface area (Å²) in [4.78, 5) is 26.7. The average Bonchev–Trinajstić information content (AvgIpc) is 2.60. The van der Waals surface area contributed by atoms with Crippen LogP contribution in [0.1, 0.15) is 30.0 Å². The lowest BCUT2D eigenvalue weighted by atomic mass is 10.1. The molecular weight excluding hydrogens is 338 g/mol. The Bertz CT molecular complexity index is 802. The molecular formula is C22H29N3O2. The molecule has 0 aliphatic rings. The fourth-order valence-electron chi connectivity index (χ4n) is 2.86. The predicted molar refractivity (Wildman–Crippen MR) is 111 cm³/mol. The average molecular weight is 367 g/mol. The highest BCUT2D eigenvalue weighted by Crippen LogP contribution is 2.15. The Morgan fingerprint density at radius 1 is 0.852 bits per heavy atom. The zero-order chi connectivity index (χ0) is 19.8. The predicted octanol–water partition coefficient (Wildman–Crippen LogP) is 3.90. The van der Waals surface area contributed by atoms with Crippen molar-refractivity contribution in [3.8, 4) is 0 Å². The zero-order valence-electron chi connectivity index (χ0n) is 16.6. The first-order valence-electron chi connectivity index (χ1n) is 9.34. The summed E-state index contributed by atoms with van der Waals surface area (Å²) in [7, 11) is 0. The van der Waals surface area contributed by atoms with Crippen molar-refractivity contribution in [2.75, 3.05) is 30.3 Å². The lowest BCUT2D eigenvalue weighted by Gasteiger charge is -2.21. The maximum Gasteiger partial charge on any atom is 0.238 e. The molecule has 144 valence electrons. The van der Waals surface area contributed by atoms with Crippen molar-refractivity contribution in [2.24, 2.45) is 0 Å². The van der Waals surface area contributed by atoms with E-state index in [-0.39, 0.29) is 24.9 Å². The van der Waals surface area contributed by atoms with Crippen LogP contribution in [0.4, 0.5) is 11.4 Å². The molecule has 0 fully saturated rings. The summed E-state index contributed by atoms with van der Waals surface area (Å²) in [5.74, 6) is -0.230. The van der Waals surface area contributed by atoms with E-state index in [1.807, 2.05) is 75.1 Å². The molecule has 0 unspecified atom stereocenters. The maximum atomic E-state index is 12.4. The van der Waals surface area contributed by atoms with E-state index in [1.165, 1.54) is 5.56 Å². The molecule has 2 rings (SSSR count). The minimum absolute atomic E-state index is 0.114. The lowest BCUT2D eigenvalue weighted by Crippen LogP contribution is -2.39. The lowest BCUT2D eigenvalue weighted by molar-refractivity contribution is -0.120. The topological polar surface area (TPSA) is 61.4 Å². The number of aryl methyl sites for hydroxylation is 3. The van der Waals surface area contributed by atoms with E-state index in [1.54, 1.807) is 0 Å². The Morgan fingerprint density at radius 3 is 2.15 bits per heavy atom. The molecule has 0 aliphatic heterocycles. The number of benzene rings is 2. The highest BCUT2D eigenvalue weighted by atomic mass is 16.2. The van der Waals surface area contributed by atoms with Crippen LogP contribution in [0.15, 0.2) is 42.5 Å². The molecule has 2 aromatic rings. The van der Waals surface area contributed by atoms with Crippen molar-refractivity contribution >= 4 is 23.2 Å². The van der Waals surface area contributed by atoms with Gasteiger partial charge in [0, 0.05) is 11.4 Å². The van der Waals surface area contributed by atoms with Gasteiger partial charge in [-0.15, -0.1) is 0 Å². The summed E-state index contributed by atoms with van der Waals surface area (Å²) < 4.78 is 0. The highest BCUT2D eigenvalue weighted by Gasteiger charge is 2.15. The zero-order valence-corrected chi connectivity index (χ0v) is 16.6. The van der Waals surface area contributed by atoms with E-state index >= 15 is 0 Å². The number of anilines is 2. The van der Waals surface area contributed by atoms with Gasteiger partial charge in [-0.1, -0.05) is 31.2 Å². The van der Waals surface area contributed by atoms with Crippen LogP contribution in [-0.4, -0.2) is 36.3 Å². The number of nitrogens with one attached hydrogen (secondary N) is 2. The van der Waals surface area contributed by atoms with Crippen LogP contribution in [0, 0.1) is 20.8 Å². The fraction of sp³-hybridized carbons (Fsp3) is 0.364. The molecule has 5 nitrogen and oxygen atoms in total. The van der Waals surface area contributed by atoms with Crippen LogP contribution in [0.3, 0.4) is 0 Å². The number of hydrogen-bond acceptors (Lipinski definition) is 3. The largest absolute Gasteiger partial charge is 0.325 e. The quantitative estimate of drug-likeness (QED) is 0.744. The summed E-state index contributed by atoms with van der Waals surface area (Å²) in [5.41, 5.74) is 4.92. The number of hydrogen-bond donors (Lipinski definition) is 2. The molecule has 0 saturated heterocycles. The van der Waals surface area contributed by atoms with Gasteiger partial charge >= 0.3 is 0 Å². The van der Waals surface area contributed by atoms with Crippen LogP contribution < -0.4 is 10.6 Å². The minimum Gasteiger partial charge on any atom is -0.325 e. The summed E-state index contributed by atoms with van der Waals surface area (Å²) >= 11 is 0. The standard InChI is InChI=1S/C22H29N3O2/c1-5-12-25(15-22(27)24-20-9-7-6-8-17(20)3)14-21(26)23-19-11-10-16(2)18(4)13-19/h6-11,13H,5,12,14-15H2,1-4H3,(H,23,26)(H,24,27). The molecule has 0 saturated carbocycles. The first-order chi connectivity index (χ1) is 12.9. The Balaban J connectivity index is 1.93. The highest BCUT2D eigenvalue weighted by molar-refractivity contribution is 5.95. The minimum atomic E-state index is -0.115. The molecule has 27 heavy (non-hydrogen) atoms. The number of carbonyl (C=O) groups is 2. The Hall–Kier alpha value is -2.66. The van der Waals surface area contributed by atoms with Gasteiger partial charge in [-0.3, -0.25) is 14.5 Å². The smallest absolute Gasteiger partial charge is 0.238 e. The van der Waals surface area contributed by atoms with Gasteiger partial charge in [0.2, 0.25) is 11.8 Å². The van der Waals surface area contributed by atoms with Crippen LogP contribution >= 0.6 is 0 Å². The number of nitrogens with zero attached hydrogens (tertiary/aromatic N) is 1. The van der Waals surface area contributed by atoms with Crippen molar-refractivity contribution in [2.45, 2.75) is 34.1 Å². The second-order valence-corrected chi connectivity index (χ2v) is 6.92. The number of rotatable bonds is 8. The SMILES string of the molecule is CCCN(CC(=O)Nc1ccc(C)c(C)c1)CC(=O)Nc1ccccc1C. The van der Waals surface area contributed by atoms with Gasteiger partial charge < -0.3 is 10.6 Å². The molecule has 0 radical (unpaired) electrons. The van der Waals surface area contributed by atoms with E-state index in [9.17, 15) is 9.59 Å². The normalized spacial score (nSPS) is 10.7. The Kier molecular flexibility index (Phi) is 7.55. The number of para-hydroxylation sites is 1. The van der Waals surface area contributed by atoms with Gasteiger partial charge in [-0.05, 0) is 68.6 Å². The number of carbonyl (C=O) groups excluding carboxylic acids is 2. The summed E-state index contributed by atoms with van der Waals surface area (Å²) in [6, 6.07) is 13.5. The molecule has 0 heterocycles. The van der Waals surface area contributed by atoms with Crippen molar-refractivity contribution in [3.05, 3.63) is 59.2 Å². The second kappa shape index (κ2) is 9.88. The first-order valence-corrected chi connectivity index (χ1v) is 9.34. The fourth-order valence-corrected chi connectivity index (χ4v) is 2.86. The molecule has 0 aromatic heterocycles. The van der Waals surface area contributed by atoms with Crippen LogP contribution in [-0.2, 0) is 9.59 Å². The monoisotopic (exact) mass is 367 g/mol. The summed E-state index contributed by atoms with van der Waals surface area (Å²) in [6.45, 7) is 9.09. The third kappa shape index (κ3) is 6.53. The Morgan fingerprint density at radius 2 is 1.52 bits per heavy atom. The van der Waals surface area contributed by atoms with Crippen molar-refractivity contribution < 1.29 is 9.59 Å². The summed E-state index contributed by atoms with van der Waals surface area (Å²) in [6.07, 6.45) is 0.870. The van der Waals surface area contributed by atoms with E-state index in [0.29, 0.717) is 6.54 Å². The van der Waals surface area contributed by atoms with E-state index < -0.39 is 0 Å². The van der Waals surface area contributed by atoms with Gasteiger partial charge in [0.25, 0.3) is 0 Å². The van der Waals surface area contributed by atoms with Gasteiger partial charge in [0.1, 0.15) is 0 Å². The molecule has 2 N–H and O–H groups in total. The molecule has 2 aromatic carbocycles. The second-order valence-electron chi connectivity index (χ2n) is 6.92. The molecule has 0 spiro atoms. The molecule has 0 aliphatic carbocycles. The van der Waals surface area contributed by atoms with Gasteiger partial charge in [-0.25, -0.2) is 0 Å². The Labute approximate surface area is 161 Å². The van der Waals surface area contributed by atoms with Crippen molar-refractivity contribution in [1.82, 2.24) is 4.90 Å². The van der Waals surface area contributed by atoms with Crippen molar-refractivity contribution in [3.63, 3.8) is 0 Å². The van der Waals surface area contributed by atoms with Gasteiger partial charge in [-0.2, -0.15) is 0 Å². The van der Waals surface area contributed by atoms with E-state index in [2.05, 4.69) is 10.6 Å². The van der Waals surface area contributed by atoms with Crippen LogP contribution in [0.25, 0.3) is 0 Å². The molecule has 0 atom stereocenters. The number of amides is 2. The van der Waals surface area contributed by atoms with E-state index in [4.69, 9.17) is 0 Å². The third-order valence-corrected chi connectivity index (χ3v) is 4.48. The third-order valence-electron chi connectivity index (χ3n) is 4.48. The molecule has 5 heteroatoms. The molecule has 0 bridgehead atoms. The van der Waals surface area contributed by atoms with Crippen molar-refractivity contribution in [1.29, 1.82) is 0 Å².